The van der Waals surface area contributed by atoms with Gasteiger partial charge in [0.15, 0.2) is 0 Å². The molecule has 1 aliphatic carbocycles. The van der Waals surface area contributed by atoms with Gasteiger partial charge >= 0.3 is 0 Å². The van der Waals surface area contributed by atoms with E-state index in [2.05, 4.69) is 28.9 Å². The smallest absolute Gasteiger partial charge is 0.103 e. The zero-order valence-corrected chi connectivity index (χ0v) is 13.4. The Balaban J connectivity index is 1.70. The number of hydrogen-bond acceptors (Lipinski definition) is 2. The highest BCUT2D eigenvalue weighted by molar-refractivity contribution is 5.26. The lowest BCUT2D eigenvalue weighted by molar-refractivity contribution is -0.0173. The first-order valence-electron chi connectivity index (χ1n) is 8.75. The zero-order chi connectivity index (χ0) is 15.3. The van der Waals surface area contributed by atoms with Crippen LogP contribution in [0.25, 0.3) is 0 Å². The Morgan fingerprint density at radius 1 is 1.00 bits per heavy atom. The summed E-state index contributed by atoms with van der Waals surface area (Å²) >= 11 is 0. The summed E-state index contributed by atoms with van der Waals surface area (Å²) in [5, 5.41) is 11.4. The minimum Gasteiger partial charge on any atom is -0.384 e. The Kier molecular flexibility index (Phi) is 5.18. The van der Waals surface area contributed by atoms with E-state index in [4.69, 9.17) is 0 Å². The van der Waals surface area contributed by atoms with Crippen LogP contribution in [0.1, 0.15) is 50.5 Å². The first kappa shape index (κ1) is 15.6. The maximum atomic E-state index is 11.4. The van der Waals surface area contributed by atoms with E-state index in [1.807, 2.05) is 18.2 Å². The molecule has 118 valence electrons. The summed E-state index contributed by atoms with van der Waals surface area (Å²) in [6.45, 7) is 3.22. The molecular formula is C20H27NO. The van der Waals surface area contributed by atoms with Gasteiger partial charge < -0.3 is 5.11 Å². The Bertz CT molecular complexity index is 518. The molecule has 1 N–H and O–H groups in total. The second-order valence-corrected chi connectivity index (χ2v) is 6.79. The molecule has 22 heavy (non-hydrogen) atoms. The first-order chi connectivity index (χ1) is 10.8. The van der Waals surface area contributed by atoms with Crippen LogP contribution in [0, 0.1) is 17.8 Å². The maximum Gasteiger partial charge on any atom is 0.103 e. The molecule has 2 aliphatic rings. The molecule has 1 aliphatic heterocycles. The zero-order valence-electron chi connectivity index (χ0n) is 13.4. The summed E-state index contributed by atoms with van der Waals surface area (Å²) in [6, 6.07) is 10.2. The van der Waals surface area contributed by atoms with E-state index in [0.717, 1.165) is 24.9 Å². The predicted octanol–water partition coefficient (Wildman–Crippen LogP) is 3.55. The largest absolute Gasteiger partial charge is 0.384 e. The molecule has 0 aromatic heterocycles. The van der Waals surface area contributed by atoms with Crippen LogP contribution in [-0.2, 0) is 5.60 Å². The van der Waals surface area contributed by atoms with Gasteiger partial charge in [0.1, 0.15) is 5.60 Å². The van der Waals surface area contributed by atoms with E-state index in [0.29, 0.717) is 12.3 Å². The van der Waals surface area contributed by atoms with Gasteiger partial charge in [0, 0.05) is 6.42 Å². The monoisotopic (exact) mass is 297 g/mol. The van der Waals surface area contributed by atoms with Crippen LogP contribution < -0.4 is 0 Å². The molecular weight excluding hydrogens is 270 g/mol. The Morgan fingerprint density at radius 2 is 1.68 bits per heavy atom. The van der Waals surface area contributed by atoms with Gasteiger partial charge in [0.2, 0.25) is 0 Å². The fraction of sp³-hybridized carbons (Fsp3) is 0.600. The van der Waals surface area contributed by atoms with Crippen LogP contribution in [0.15, 0.2) is 30.3 Å². The average molecular weight is 297 g/mol. The summed E-state index contributed by atoms with van der Waals surface area (Å²) in [5.74, 6) is 6.94. The molecule has 1 aromatic rings. The minimum atomic E-state index is -0.768. The van der Waals surface area contributed by atoms with Gasteiger partial charge in [-0.1, -0.05) is 55.0 Å². The van der Waals surface area contributed by atoms with Crippen molar-refractivity contribution in [3.8, 4) is 11.8 Å². The Hall–Kier alpha value is -1.30. The number of hydrogen-bond donors (Lipinski definition) is 1. The van der Waals surface area contributed by atoms with Crippen molar-refractivity contribution in [3.63, 3.8) is 0 Å². The fourth-order valence-electron chi connectivity index (χ4n) is 3.92. The number of benzene rings is 1. The van der Waals surface area contributed by atoms with E-state index in [9.17, 15) is 5.11 Å². The third-order valence-corrected chi connectivity index (χ3v) is 5.29. The molecule has 1 atom stereocenters. The van der Waals surface area contributed by atoms with Crippen LogP contribution in [-0.4, -0.2) is 29.6 Å². The van der Waals surface area contributed by atoms with Crippen molar-refractivity contribution in [3.05, 3.63) is 35.9 Å². The molecule has 0 bridgehead atoms. The van der Waals surface area contributed by atoms with Crippen molar-refractivity contribution in [1.29, 1.82) is 0 Å². The highest BCUT2D eigenvalue weighted by Crippen LogP contribution is 2.42. The molecule has 0 radical (unpaired) electrons. The van der Waals surface area contributed by atoms with Crippen LogP contribution in [0.5, 0.6) is 0 Å². The van der Waals surface area contributed by atoms with Gasteiger partial charge in [-0.2, -0.15) is 0 Å². The molecule has 2 heteroatoms. The van der Waals surface area contributed by atoms with Crippen LogP contribution in [0.3, 0.4) is 0 Å². The van der Waals surface area contributed by atoms with Crippen molar-refractivity contribution in [2.75, 3.05) is 19.6 Å². The highest BCUT2D eigenvalue weighted by Gasteiger charge is 2.39. The molecule has 1 saturated carbocycles. The summed E-state index contributed by atoms with van der Waals surface area (Å²) in [5.41, 5.74) is 0.271. The number of nitrogens with zero attached hydrogens (tertiary/aromatic N) is 1. The summed E-state index contributed by atoms with van der Waals surface area (Å²) in [6.07, 6.45) is 7.89. The third-order valence-electron chi connectivity index (χ3n) is 5.29. The highest BCUT2D eigenvalue weighted by atomic mass is 16.3. The molecule has 1 heterocycles. The topological polar surface area (TPSA) is 23.5 Å². The van der Waals surface area contributed by atoms with Crippen LogP contribution >= 0.6 is 0 Å². The Labute approximate surface area is 134 Å². The van der Waals surface area contributed by atoms with Gasteiger partial charge in [-0.15, -0.1) is 0 Å². The minimum absolute atomic E-state index is 0.357. The molecule has 1 saturated heterocycles. The van der Waals surface area contributed by atoms with E-state index < -0.39 is 5.60 Å². The standard InChI is InChI=1S/C20H27NO/c22-20(19-12-4-5-13-19,18-10-2-1-3-11-18)14-6-7-15-21-16-8-9-17-21/h1-3,10-11,19,22H,4-5,8-9,12-17H2. The molecule has 0 spiro atoms. The lowest BCUT2D eigenvalue weighted by Gasteiger charge is -2.33. The third kappa shape index (κ3) is 3.54. The SMILES string of the molecule is OC(CC#CCN1CCCC1)(c1ccccc1)C1CCCC1. The van der Waals surface area contributed by atoms with Crippen LogP contribution in [0.4, 0.5) is 0 Å². The van der Waals surface area contributed by atoms with E-state index >= 15 is 0 Å². The Morgan fingerprint density at radius 3 is 2.36 bits per heavy atom. The molecule has 0 amide bonds. The first-order valence-corrected chi connectivity index (χ1v) is 8.75. The summed E-state index contributed by atoms with van der Waals surface area (Å²) in [4.78, 5) is 2.41. The van der Waals surface area contributed by atoms with Crippen molar-refractivity contribution < 1.29 is 5.11 Å². The molecule has 3 rings (SSSR count). The normalized spacial score (nSPS) is 22.2. The molecule has 1 aromatic carbocycles. The van der Waals surface area contributed by atoms with Crippen molar-refractivity contribution in [2.24, 2.45) is 5.92 Å². The maximum absolute atomic E-state index is 11.4. The lowest BCUT2D eigenvalue weighted by Crippen LogP contribution is -2.33. The van der Waals surface area contributed by atoms with E-state index in [1.165, 1.54) is 38.8 Å². The molecule has 2 nitrogen and oxygen atoms in total. The van der Waals surface area contributed by atoms with Crippen molar-refractivity contribution >= 4 is 0 Å². The van der Waals surface area contributed by atoms with Crippen molar-refractivity contribution in [1.82, 2.24) is 4.90 Å². The molecule has 1 unspecified atom stereocenters. The van der Waals surface area contributed by atoms with Gasteiger partial charge in [-0.05, 0) is 50.3 Å². The van der Waals surface area contributed by atoms with Gasteiger partial charge in [0.05, 0.1) is 6.54 Å². The second-order valence-electron chi connectivity index (χ2n) is 6.79. The summed E-state index contributed by atoms with van der Waals surface area (Å²) < 4.78 is 0. The second kappa shape index (κ2) is 7.31. The van der Waals surface area contributed by atoms with Gasteiger partial charge in [-0.25, -0.2) is 0 Å². The number of aliphatic hydroxyl groups is 1. The predicted molar refractivity (Wildman–Crippen MR) is 90.4 cm³/mol. The van der Waals surface area contributed by atoms with Crippen molar-refractivity contribution in [2.45, 2.75) is 50.5 Å². The van der Waals surface area contributed by atoms with E-state index in [-0.39, 0.29) is 0 Å². The molecule has 2 fully saturated rings. The quantitative estimate of drug-likeness (QED) is 0.859. The van der Waals surface area contributed by atoms with Gasteiger partial charge in [0.25, 0.3) is 0 Å². The number of likely N-dealkylation sites (tertiary alicyclic amines) is 1. The average Bonchev–Trinajstić information content (AvgIpc) is 3.25. The van der Waals surface area contributed by atoms with Gasteiger partial charge in [-0.3, -0.25) is 4.90 Å². The lowest BCUT2D eigenvalue weighted by atomic mass is 9.78. The van der Waals surface area contributed by atoms with Crippen LogP contribution in [0.2, 0.25) is 0 Å². The number of rotatable bonds is 4. The summed E-state index contributed by atoms with van der Waals surface area (Å²) in [7, 11) is 0. The fourth-order valence-corrected chi connectivity index (χ4v) is 3.92. The van der Waals surface area contributed by atoms with E-state index in [1.54, 1.807) is 0 Å².